The van der Waals surface area contributed by atoms with Gasteiger partial charge in [-0.2, -0.15) is 0 Å². The van der Waals surface area contributed by atoms with Crippen molar-refractivity contribution in [3.05, 3.63) is 66.1 Å². The average Bonchev–Trinajstić information content (AvgIpc) is 3.02. The number of ether oxygens (including phenoxy) is 1. The maximum atomic E-state index is 12.9. The summed E-state index contributed by atoms with van der Waals surface area (Å²) in [5.74, 6) is 0.183. The molecular formula is C19H19FN2O3. The van der Waals surface area contributed by atoms with E-state index in [0.717, 1.165) is 16.7 Å². The quantitative estimate of drug-likeness (QED) is 0.724. The molecule has 3 rings (SSSR count). The molecule has 0 bridgehead atoms. The van der Waals surface area contributed by atoms with E-state index in [1.165, 1.54) is 24.3 Å². The van der Waals surface area contributed by atoms with Crippen molar-refractivity contribution < 1.29 is 19.0 Å². The van der Waals surface area contributed by atoms with Crippen LogP contribution in [-0.4, -0.2) is 29.2 Å². The number of nitrogens with zero attached hydrogens (tertiary/aromatic N) is 1. The van der Waals surface area contributed by atoms with Gasteiger partial charge in [-0.1, -0.05) is 12.1 Å². The van der Waals surface area contributed by atoms with Gasteiger partial charge < -0.3 is 19.7 Å². The summed E-state index contributed by atoms with van der Waals surface area (Å²) in [6, 6.07) is 13.1. The minimum atomic E-state index is -0.879. The lowest BCUT2D eigenvalue weighted by Gasteiger charge is -2.13. The van der Waals surface area contributed by atoms with E-state index in [2.05, 4.69) is 5.32 Å². The second kappa shape index (κ2) is 7.36. The largest absolute Gasteiger partial charge is 0.497 e. The molecule has 0 fully saturated rings. The summed E-state index contributed by atoms with van der Waals surface area (Å²) in [6.45, 7) is 0.212. The van der Waals surface area contributed by atoms with Crippen LogP contribution in [0.15, 0.2) is 54.7 Å². The van der Waals surface area contributed by atoms with E-state index >= 15 is 0 Å². The maximum absolute atomic E-state index is 12.9. The molecule has 2 aromatic carbocycles. The third-order valence-electron chi connectivity index (χ3n) is 4.04. The van der Waals surface area contributed by atoms with Crippen LogP contribution in [0.1, 0.15) is 11.7 Å². The summed E-state index contributed by atoms with van der Waals surface area (Å²) >= 11 is 0. The first-order valence-electron chi connectivity index (χ1n) is 7.90. The minimum absolute atomic E-state index is 0.0670. The lowest BCUT2D eigenvalue weighted by atomic mass is 10.1. The van der Waals surface area contributed by atoms with Gasteiger partial charge in [-0.3, -0.25) is 4.79 Å². The molecule has 1 amide bonds. The Morgan fingerprint density at radius 1 is 1.24 bits per heavy atom. The number of halogens is 1. The number of carbonyl (C=O) groups is 1. The molecule has 0 spiro atoms. The van der Waals surface area contributed by atoms with Gasteiger partial charge in [-0.15, -0.1) is 0 Å². The molecule has 130 valence electrons. The molecule has 2 N–H and O–H groups in total. The van der Waals surface area contributed by atoms with Crippen LogP contribution in [0.5, 0.6) is 5.75 Å². The van der Waals surface area contributed by atoms with Crippen molar-refractivity contribution in [2.75, 3.05) is 13.7 Å². The Morgan fingerprint density at radius 2 is 2.00 bits per heavy atom. The van der Waals surface area contributed by atoms with Gasteiger partial charge in [0.2, 0.25) is 5.91 Å². The highest BCUT2D eigenvalue weighted by atomic mass is 19.1. The first kappa shape index (κ1) is 17.0. The predicted molar refractivity (Wildman–Crippen MR) is 92.9 cm³/mol. The molecule has 0 saturated heterocycles. The number of amides is 1. The number of aromatic nitrogens is 1. The summed E-state index contributed by atoms with van der Waals surface area (Å²) in [4.78, 5) is 12.1. The van der Waals surface area contributed by atoms with Crippen LogP contribution in [0.4, 0.5) is 4.39 Å². The molecule has 0 aliphatic carbocycles. The van der Waals surface area contributed by atoms with Crippen molar-refractivity contribution in [1.82, 2.24) is 9.88 Å². The second-order valence-corrected chi connectivity index (χ2v) is 5.74. The highest BCUT2D eigenvalue weighted by molar-refractivity contribution is 5.84. The molecule has 1 atom stereocenters. The summed E-state index contributed by atoms with van der Waals surface area (Å²) in [7, 11) is 1.61. The molecule has 1 aromatic heterocycles. The molecule has 0 aliphatic rings. The summed E-state index contributed by atoms with van der Waals surface area (Å²) < 4.78 is 19.9. The van der Waals surface area contributed by atoms with Gasteiger partial charge in [0.1, 0.15) is 18.1 Å². The number of aliphatic hydroxyl groups is 1. The zero-order chi connectivity index (χ0) is 17.8. The summed E-state index contributed by atoms with van der Waals surface area (Å²) in [5, 5.41) is 13.7. The monoisotopic (exact) mass is 342 g/mol. The zero-order valence-corrected chi connectivity index (χ0v) is 13.8. The third kappa shape index (κ3) is 3.97. The fraction of sp³-hybridized carbons (Fsp3) is 0.211. The Balaban J connectivity index is 1.60. The van der Waals surface area contributed by atoms with E-state index in [1.807, 2.05) is 35.0 Å². The highest BCUT2D eigenvalue weighted by Gasteiger charge is 2.11. The van der Waals surface area contributed by atoms with Crippen molar-refractivity contribution in [3.8, 4) is 5.75 Å². The fourth-order valence-electron chi connectivity index (χ4n) is 2.67. The predicted octanol–water partition coefficient (Wildman–Crippen LogP) is 2.64. The van der Waals surface area contributed by atoms with E-state index in [-0.39, 0.29) is 24.8 Å². The Kier molecular flexibility index (Phi) is 5.00. The second-order valence-electron chi connectivity index (χ2n) is 5.74. The van der Waals surface area contributed by atoms with Crippen LogP contribution in [-0.2, 0) is 11.3 Å². The van der Waals surface area contributed by atoms with Crippen LogP contribution in [0.2, 0.25) is 0 Å². The third-order valence-corrected chi connectivity index (χ3v) is 4.04. The molecule has 0 radical (unpaired) electrons. The van der Waals surface area contributed by atoms with Crippen molar-refractivity contribution in [3.63, 3.8) is 0 Å². The van der Waals surface area contributed by atoms with Crippen LogP contribution < -0.4 is 10.1 Å². The number of benzene rings is 2. The summed E-state index contributed by atoms with van der Waals surface area (Å²) in [5.41, 5.74) is 1.48. The Hall–Kier alpha value is -2.86. The fourth-order valence-corrected chi connectivity index (χ4v) is 2.67. The number of fused-ring (bicyclic) bond motifs is 1. The van der Waals surface area contributed by atoms with E-state index in [4.69, 9.17) is 4.74 Å². The first-order valence-corrected chi connectivity index (χ1v) is 7.90. The first-order chi connectivity index (χ1) is 12.1. The molecule has 1 unspecified atom stereocenters. The zero-order valence-electron chi connectivity index (χ0n) is 13.8. The molecule has 3 aromatic rings. The number of hydrogen-bond donors (Lipinski definition) is 2. The number of rotatable bonds is 6. The van der Waals surface area contributed by atoms with Crippen LogP contribution in [0.3, 0.4) is 0 Å². The number of nitrogens with one attached hydrogen (secondary N) is 1. The number of methoxy groups -OCH3 is 1. The van der Waals surface area contributed by atoms with Gasteiger partial charge >= 0.3 is 0 Å². The topological polar surface area (TPSA) is 63.5 Å². The van der Waals surface area contributed by atoms with Crippen molar-refractivity contribution in [1.29, 1.82) is 0 Å². The lowest BCUT2D eigenvalue weighted by Crippen LogP contribution is -2.31. The van der Waals surface area contributed by atoms with Crippen molar-refractivity contribution in [2.45, 2.75) is 12.6 Å². The maximum Gasteiger partial charge on any atom is 0.240 e. The molecule has 0 aliphatic heterocycles. The average molecular weight is 342 g/mol. The molecule has 5 nitrogen and oxygen atoms in total. The van der Waals surface area contributed by atoms with Gasteiger partial charge in [-0.25, -0.2) is 4.39 Å². The minimum Gasteiger partial charge on any atom is -0.497 e. The molecule has 1 heterocycles. The number of carbonyl (C=O) groups excluding carboxylic acids is 1. The van der Waals surface area contributed by atoms with Crippen LogP contribution in [0, 0.1) is 5.82 Å². The SMILES string of the molecule is COc1ccc2c(ccn2CC(=O)NCC(O)c2ccc(F)cc2)c1. The molecular weight excluding hydrogens is 323 g/mol. The normalized spacial score (nSPS) is 12.1. The van der Waals surface area contributed by atoms with Gasteiger partial charge in [0.25, 0.3) is 0 Å². The van der Waals surface area contributed by atoms with Crippen molar-refractivity contribution >= 4 is 16.8 Å². The van der Waals surface area contributed by atoms with Gasteiger partial charge in [0.15, 0.2) is 0 Å². The van der Waals surface area contributed by atoms with E-state index < -0.39 is 6.10 Å². The lowest BCUT2D eigenvalue weighted by molar-refractivity contribution is -0.122. The van der Waals surface area contributed by atoms with E-state index in [0.29, 0.717) is 5.56 Å². The standard InChI is InChI=1S/C19H19FN2O3/c1-25-16-6-7-17-14(10-16)8-9-22(17)12-19(24)21-11-18(23)13-2-4-15(20)5-3-13/h2-10,18,23H,11-12H2,1H3,(H,21,24). The van der Waals surface area contributed by atoms with Crippen LogP contribution >= 0.6 is 0 Å². The summed E-state index contributed by atoms with van der Waals surface area (Å²) in [6.07, 6.45) is 0.954. The van der Waals surface area contributed by atoms with Gasteiger partial charge in [-0.05, 0) is 42.0 Å². The smallest absolute Gasteiger partial charge is 0.240 e. The van der Waals surface area contributed by atoms with Crippen LogP contribution in [0.25, 0.3) is 10.9 Å². The van der Waals surface area contributed by atoms with Gasteiger partial charge in [0.05, 0.1) is 13.2 Å². The molecule has 6 heteroatoms. The number of hydrogen-bond acceptors (Lipinski definition) is 3. The van der Waals surface area contributed by atoms with E-state index in [9.17, 15) is 14.3 Å². The van der Waals surface area contributed by atoms with Gasteiger partial charge in [0, 0.05) is 23.6 Å². The van der Waals surface area contributed by atoms with Crippen molar-refractivity contribution in [2.24, 2.45) is 0 Å². The highest BCUT2D eigenvalue weighted by Crippen LogP contribution is 2.21. The Morgan fingerprint density at radius 3 is 2.72 bits per heavy atom. The molecule has 0 saturated carbocycles. The Bertz CT molecular complexity index is 874. The Labute approximate surface area is 144 Å². The number of aliphatic hydroxyl groups excluding tert-OH is 1. The molecule has 25 heavy (non-hydrogen) atoms. The van der Waals surface area contributed by atoms with E-state index in [1.54, 1.807) is 7.11 Å².